The lowest BCUT2D eigenvalue weighted by molar-refractivity contribution is -0.243. The van der Waals surface area contributed by atoms with E-state index >= 15 is 0 Å². The van der Waals surface area contributed by atoms with Crippen molar-refractivity contribution in [1.29, 1.82) is 0 Å². The second kappa shape index (κ2) is 18.7. The zero-order valence-electron chi connectivity index (χ0n) is 34.6. The van der Waals surface area contributed by atoms with Crippen molar-refractivity contribution >= 4 is 35.8 Å². The summed E-state index contributed by atoms with van der Waals surface area (Å²) >= 11 is 0. The van der Waals surface area contributed by atoms with Crippen LogP contribution in [-0.2, 0) is 43.0 Å². The highest BCUT2D eigenvalue weighted by Crippen LogP contribution is 2.72. The minimum absolute atomic E-state index is 0.0416. The Bertz CT molecular complexity index is 1490. The van der Waals surface area contributed by atoms with E-state index < -0.39 is 70.5 Å². The largest absolute Gasteiger partial charge is 0.481 e. The Labute approximate surface area is 333 Å². The van der Waals surface area contributed by atoms with Crippen LogP contribution in [-0.4, -0.2) is 58.2 Å². The summed E-state index contributed by atoms with van der Waals surface area (Å²) in [5, 5.41) is 19.7. The maximum Gasteiger partial charge on any atom is 0.318 e. The number of hydrogen-bond acceptors (Lipinski definition) is 9. The van der Waals surface area contributed by atoms with Gasteiger partial charge in [0.05, 0.1) is 41.8 Å². The van der Waals surface area contributed by atoms with E-state index in [1.54, 1.807) is 0 Å². The molecule has 314 valence electrons. The van der Waals surface area contributed by atoms with E-state index in [0.717, 1.165) is 64.2 Å². The number of allylic oxidation sites excluding steroid dienone is 2. The smallest absolute Gasteiger partial charge is 0.318 e. The molecule has 2 N–H and O–H groups in total. The van der Waals surface area contributed by atoms with Gasteiger partial charge in [-0.25, -0.2) is 0 Å². The molecule has 0 bridgehead atoms. The standard InChI is InChI=1S/C45H68O11/c1-6-7-8-12-16-29(32-27-36(48)55-40(32)50)19-20-30(17-13-10-9-11-14-18-35(46)47)54-38(28(2)3)45-26-23-33-43(4,24-15-25-44(33,5)42(52)53)34(45)22-21-31-37(45)41(51)56-39(31)49/h12,16,28-34,37-38H,6-11,13-15,17-27H2,1-5H3,(H,46,47)(H,52,53)/b16-12+. The summed E-state index contributed by atoms with van der Waals surface area (Å²) in [6, 6.07) is 0. The summed E-state index contributed by atoms with van der Waals surface area (Å²) < 4.78 is 17.9. The molecule has 2 heterocycles. The number of carbonyl (C=O) groups is 6. The average molecular weight is 785 g/mol. The molecule has 2 saturated heterocycles. The minimum Gasteiger partial charge on any atom is -0.481 e. The third-order valence-electron chi connectivity index (χ3n) is 15.0. The van der Waals surface area contributed by atoms with E-state index in [1.807, 2.05) is 6.92 Å². The van der Waals surface area contributed by atoms with E-state index in [9.17, 15) is 33.9 Å². The molecule has 2 aliphatic heterocycles. The van der Waals surface area contributed by atoms with Gasteiger partial charge in [0, 0.05) is 11.8 Å². The number of aliphatic carboxylic acids is 2. The van der Waals surface area contributed by atoms with Crippen molar-refractivity contribution in [3.8, 4) is 0 Å². The first kappa shape index (κ1) is 44.0. The van der Waals surface area contributed by atoms with Crippen molar-refractivity contribution in [1.82, 2.24) is 0 Å². The Morgan fingerprint density at radius 3 is 2.23 bits per heavy atom. The molecule has 3 saturated carbocycles. The fraction of sp³-hybridized carbons (Fsp3) is 0.822. The van der Waals surface area contributed by atoms with E-state index in [4.69, 9.17) is 19.3 Å². The molecule has 0 radical (unpaired) electrons. The predicted octanol–water partition coefficient (Wildman–Crippen LogP) is 8.85. The van der Waals surface area contributed by atoms with Crippen LogP contribution in [0.3, 0.4) is 0 Å². The van der Waals surface area contributed by atoms with Gasteiger partial charge in [-0.15, -0.1) is 0 Å². The van der Waals surface area contributed by atoms with Crippen molar-refractivity contribution < 1.29 is 53.2 Å². The molecule has 3 aliphatic carbocycles. The van der Waals surface area contributed by atoms with Crippen molar-refractivity contribution in [2.24, 2.45) is 57.7 Å². The zero-order valence-corrected chi connectivity index (χ0v) is 34.6. The van der Waals surface area contributed by atoms with Gasteiger partial charge >= 0.3 is 35.8 Å². The van der Waals surface area contributed by atoms with Gasteiger partial charge in [0.15, 0.2) is 0 Å². The van der Waals surface area contributed by atoms with Crippen LogP contribution in [0.25, 0.3) is 0 Å². The number of hydrogen-bond donors (Lipinski definition) is 2. The Kier molecular flexibility index (Phi) is 14.7. The van der Waals surface area contributed by atoms with Crippen LogP contribution in [0.5, 0.6) is 0 Å². The molecule has 11 atom stereocenters. The van der Waals surface area contributed by atoms with Gasteiger partial charge in [0.1, 0.15) is 0 Å². The van der Waals surface area contributed by atoms with Gasteiger partial charge in [-0.1, -0.05) is 84.8 Å². The molecule has 5 fully saturated rings. The number of rotatable bonds is 21. The van der Waals surface area contributed by atoms with Crippen molar-refractivity contribution in [2.45, 2.75) is 175 Å². The number of cyclic esters (lactones) is 4. The lowest BCUT2D eigenvalue weighted by atomic mass is 9.36. The molecule has 0 aromatic rings. The summed E-state index contributed by atoms with van der Waals surface area (Å²) in [5.74, 6) is -5.62. The highest BCUT2D eigenvalue weighted by molar-refractivity contribution is 5.97. The Morgan fingerprint density at radius 1 is 0.839 bits per heavy atom. The van der Waals surface area contributed by atoms with Gasteiger partial charge in [-0.2, -0.15) is 0 Å². The normalized spacial score (nSPS) is 34.4. The van der Waals surface area contributed by atoms with Crippen molar-refractivity contribution in [3.05, 3.63) is 12.2 Å². The first-order valence-corrected chi connectivity index (χ1v) is 21.9. The van der Waals surface area contributed by atoms with Crippen LogP contribution < -0.4 is 0 Å². The first-order chi connectivity index (χ1) is 26.6. The molecule has 11 nitrogen and oxygen atoms in total. The lowest BCUT2D eigenvalue weighted by Crippen LogP contribution is -2.66. The monoisotopic (exact) mass is 784 g/mol. The second-order valence-electron chi connectivity index (χ2n) is 18.8. The summed E-state index contributed by atoms with van der Waals surface area (Å²) in [6.45, 7) is 10.5. The van der Waals surface area contributed by atoms with Crippen LogP contribution in [0.1, 0.15) is 163 Å². The quantitative estimate of drug-likeness (QED) is 0.0493. The number of unbranched alkanes of at least 4 members (excludes halogenated alkanes) is 6. The van der Waals surface area contributed by atoms with Gasteiger partial charge in [0.2, 0.25) is 0 Å². The SMILES string of the molecule is CCCC/C=C/C(CCC(CCCCCCCC(=O)O)OC(C(C)C)C12CCC3C(C)(C(=O)O)CCCC3(C)C1CCC1C(=O)OC(=O)C12)C1CC(=O)OC1=O. The van der Waals surface area contributed by atoms with Gasteiger partial charge in [-0.3, -0.25) is 28.8 Å². The van der Waals surface area contributed by atoms with Crippen LogP contribution in [0, 0.1) is 57.7 Å². The van der Waals surface area contributed by atoms with Gasteiger partial charge in [0.25, 0.3) is 0 Å². The number of carboxylic acid groups (broad SMARTS) is 2. The van der Waals surface area contributed by atoms with E-state index in [-0.39, 0.29) is 48.0 Å². The molecule has 11 unspecified atom stereocenters. The first-order valence-electron chi connectivity index (χ1n) is 21.9. The van der Waals surface area contributed by atoms with E-state index in [2.05, 4.69) is 39.8 Å². The number of carboxylic acids is 2. The lowest BCUT2D eigenvalue weighted by Gasteiger charge is -2.67. The topological polar surface area (TPSA) is 171 Å². The molecular formula is C45H68O11. The highest BCUT2D eigenvalue weighted by atomic mass is 16.6. The third kappa shape index (κ3) is 8.97. The van der Waals surface area contributed by atoms with Crippen LogP contribution in [0.4, 0.5) is 0 Å². The van der Waals surface area contributed by atoms with Crippen LogP contribution in [0.15, 0.2) is 12.2 Å². The molecule has 11 heteroatoms. The number of carbonyl (C=O) groups excluding carboxylic acids is 4. The predicted molar refractivity (Wildman–Crippen MR) is 208 cm³/mol. The molecule has 0 aromatic heterocycles. The Hall–Kier alpha value is -3.08. The van der Waals surface area contributed by atoms with Gasteiger partial charge in [-0.05, 0) is 107 Å². The fourth-order valence-corrected chi connectivity index (χ4v) is 12.5. The summed E-state index contributed by atoms with van der Waals surface area (Å²) in [5.41, 5.74) is -2.00. The van der Waals surface area contributed by atoms with Crippen molar-refractivity contribution in [2.75, 3.05) is 0 Å². The highest BCUT2D eigenvalue weighted by Gasteiger charge is 2.72. The number of esters is 4. The summed E-state index contributed by atoms with van der Waals surface area (Å²) in [7, 11) is 0. The molecule has 5 rings (SSSR count). The van der Waals surface area contributed by atoms with Crippen LogP contribution >= 0.6 is 0 Å². The molecule has 0 aromatic carbocycles. The second-order valence-corrected chi connectivity index (χ2v) is 18.8. The third-order valence-corrected chi connectivity index (χ3v) is 15.0. The Balaban J connectivity index is 1.48. The summed E-state index contributed by atoms with van der Waals surface area (Å²) in [4.78, 5) is 76.4. The van der Waals surface area contributed by atoms with E-state index in [0.29, 0.717) is 51.4 Å². The maximum absolute atomic E-state index is 14.0. The minimum atomic E-state index is -0.883. The van der Waals surface area contributed by atoms with Crippen molar-refractivity contribution in [3.63, 3.8) is 0 Å². The fourth-order valence-electron chi connectivity index (χ4n) is 12.5. The molecule has 0 spiro atoms. The Morgan fingerprint density at radius 2 is 1.57 bits per heavy atom. The summed E-state index contributed by atoms with van der Waals surface area (Å²) in [6.07, 6.45) is 17.4. The number of fused-ring (bicyclic) bond motifs is 5. The van der Waals surface area contributed by atoms with E-state index in [1.165, 1.54) is 0 Å². The average Bonchev–Trinajstić information content (AvgIpc) is 3.63. The molecule has 5 aliphatic rings. The molecule has 56 heavy (non-hydrogen) atoms. The number of ether oxygens (including phenoxy) is 3. The zero-order chi connectivity index (χ0) is 40.8. The maximum atomic E-state index is 14.0. The molecule has 0 amide bonds. The van der Waals surface area contributed by atoms with Gasteiger partial charge < -0.3 is 24.4 Å². The van der Waals surface area contributed by atoms with Crippen LogP contribution in [0.2, 0.25) is 0 Å². The molecular weight excluding hydrogens is 716 g/mol.